The van der Waals surface area contributed by atoms with Crippen molar-refractivity contribution in [2.45, 2.75) is 18.7 Å². The van der Waals surface area contributed by atoms with Crippen LogP contribution in [0.2, 0.25) is 0 Å². The molecule has 0 saturated heterocycles. The predicted molar refractivity (Wildman–Crippen MR) is 90.6 cm³/mol. The maximum absolute atomic E-state index is 12.5. The maximum atomic E-state index is 12.5. The number of hydrogen-bond donors (Lipinski definition) is 1. The molecule has 122 valence electrons. The van der Waals surface area contributed by atoms with Gasteiger partial charge in [0, 0.05) is 13.6 Å². The summed E-state index contributed by atoms with van der Waals surface area (Å²) in [5.41, 5.74) is 5.38. The minimum absolute atomic E-state index is 0. The second-order valence-electron chi connectivity index (χ2n) is 5.43. The number of sulfonamides is 1. The van der Waals surface area contributed by atoms with Gasteiger partial charge in [-0.2, -0.15) is 0 Å². The van der Waals surface area contributed by atoms with Crippen molar-refractivity contribution >= 4 is 38.4 Å². The number of nitrogens with zero attached hydrogens (tertiary/aromatic N) is 1. The van der Waals surface area contributed by atoms with Gasteiger partial charge in [-0.25, -0.2) is 12.7 Å². The molecule has 8 heteroatoms. The number of methoxy groups -OCH3 is 1. The Kier molecular flexibility index (Phi) is 7.66. The van der Waals surface area contributed by atoms with E-state index in [1.54, 1.807) is 19.2 Å². The molecule has 0 aliphatic heterocycles. The molecule has 2 N–H and O–H groups in total. The minimum atomic E-state index is -3.54. The van der Waals surface area contributed by atoms with Crippen LogP contribution < -0.4 is 10.5 Å². The first kappa shape index (κ1) is 20.7. The SMILES string of the molecule is COc1ccc(S(=O)(=O)N(C)CC(C)(C)CN)cc1Br.Cl. The first-order chi connectivity index (χ1) is 9.14. The maximum Gasteiger partial charge on any atom is 0.242 e. The molecule has 0 unspecified atom stereocenters. The lowest BCUT2D eigenvalue weighted by molar-refractivity contribution is 0.292. The van der Waals surface area contributed by atoms with Gasteiger partial charge >= 0.3 is 0 Å². The van der Waals surface area contributed by atoms with E-state index in [4.69, 9.17) is 10.5 Å². The first-order valence-electron chi connectivity index (χ1n) is 6.14. The largest absolute Gasteiger partial charge is 0.496 e. The fraction of sp³-hybridized carbons (Fsp3) is 0.538. The molecule has 0 spiro atoms. The van der Waals surface area contributed by atoms with Crippen LogP contribution in [0, 0.1) is 5.41 Å². The van der Waals surface area contributed by atoms with Gasteiger partial charge in [0.15, 0.2) is 0 Å². The van der Waals surface area contributed by atoms with E-state index < -0.39 is 10.0 Å². The van der Waals surface area contributed by atoms with E-state index in [0.29, 0.717) is 23.3 Å². The van der Waals surface area contributed by atoms with Gasteiger partial charge in [0.1, 0.15) is 5.75 Å². The summed E-state index contributed by atoms with van der Waals surface area (Å²) >= 11 is 3.30. The van der Waals surface area contributed by atoms with Crippen LogP contribution in [-0.4, -0.2) is 40.0 Å². The highest BCUT2D eigenvalue weighted by Crippen LogP contribution is 2.29. The molecule has 0 radical (unpaired) electrons. The normalized spacial score (nSPS) is 12.1. The summed E-state index contributed by atoms with van der Waals surface area (Å²) < 4.78 is 32.0. The Bertz CT molecular complexity index is 579. The molecule has 0 bridgehead atoms. The average Bonchev–Trinajstić information content (AvgIpc) is 2.38. The summed E-state index contributed by atoms with van der Waals surface area (Å²) in [7, 11) is -0.445. The number of hydrogen-bond acceptors (Lipinski definition) is 4. The van der Waals surface area contributed by atoms with E-state index in [1.807, 2.05) is 13.8 Å². The van der Waals surface area contributed by atoms with E-state index in [-0.39, 0.29) is 22.7 Å². The van der Waals surface area contributed by atoms with Crippen LogP contribution >= 0.6 is 28.3 Å². The molecule has 21 heavy (non-hydrogen) atoms. The Morgan fingerprint density at radius 1 is 1.38 bits per heavy atom. The van der Waals surface area contributed by atoms with Gasteiger partial charge in [-0.15, -0.1) is 12.4 Å². The molecule has 0 atom stereocenters. The zero-order valence-electron chi connectivity index (χ0n) is 12.6. The number of benzene rings is 1. The van der Waals surface area contributed by atoms with Crippen molar-refractivity contribution < 1.29 is 13.2 Å². The molecule has 1 rings (SSSR count). The molecule has 5 nitrogen and oxygen atoms in total. The Hall–Kier alpha value is -0.340. The lowest BCUT2D eigenvalue weighted by Gasteiger charge is -2.28. The molecular formula is C13H22BrClN2O3S. The van der Waals surface area contributed by atoms with Gasteiger partial charge in [-0.05, 0) is 46.1 Å². The second kappa shape index (κ2) is 7.78. The Morgan fingerprint density at radius 2 is 1.95 bits per heavy atom. The molecular weight excluding hydrogens is 380 g/mol. The highest BCUT2D eigenvalue weighted by atomic mass is 79.9. The molecule has 1 aromatic carbocycles. The standard InChI is InChI=1S/C13H21BrN2O3S.ClH/c1-13(2,8-15)9-16(3)20(17,18)10-5-6-12(19-4)11(14)7-10;/h5-7H,8-9,15H2,1-4H3;1H. The Labute approximate surface area is 141 Å². The zero-order valence-corrected chi connectivity index (χ0v) is 15.8. The summed E-state index contributed by atoms with van der Waals surface area (Å²) in [4.78, 5) is 0.223. The van der Waals surface area contributed by atoms with E-state index in [2.05, 4.69) is 15.9 Å². The average molecular weight is 402 g/mol. The smallest absolute Gasteiger partial charge is 0.242 e. The van der Waals surface area contributed by atoms with Gasteiger partial charge in [-0.1, -0.05) is 13.8 Å². The predicted octanol–water partition coefficient (Wildman–Crippen LogP) is 2.48. The van der Waals surface area contributed by atoms with Crippen molar-refractivity contribution in [2.75, 3.05) is 27.2 Å². The second-order valence-corrected chi connectivity index (χ2v) is 8.32. The topological polar surface area (TPSA) is 72.6 Å². The van der Waals surface area contributed by atoms with Crippen LogP contribution in [0.4, 0.5) is 0 Å². The summed E-state index contributed by atoms with van der Waals surface area (Å²) in [6, 6.07) is 4.70. The molecule has 0 amide bonds. The summed E-state index contributed by atoms with van der Waals surface area (Å²) in [6.07, 6.45) is 0. The highest BCUT2D eigenvalue weighted by Gasteiger charge is 2.27. The third-order valence-electron chi connectivity index (χ3n) is 3.03. The molecule has 0 saturated carbocycles. The fourth-order valence-corrected chi connectivity index (χ4v) is 3.82. The van der Waals surface area contributed by atoms with Crippen molar-refractivity contribution in [3.63, 3.8) is 0 Å². The zero-order chi connectivity index (χ0) is 15.6. The third-order valence-corrected chi connectivity index (χ3v) is 5.45. The van der Waals surface area contributed by atoms with Crippen molar-refractivity contribution in [1.29, 1.82) is 0 Å². The highest BCUT2D eigenvalue weighted by molar-refractivity contribution is 9.10. The Morgan fingerprint density at radius 3 is 2.38 bits per heavy atom. The lowest BCUT2D eigenvalue weighted by Crippen LogP contribution is -2.39. The molecule has 0 aromatic heterocycles. The monoisotopic (exact) mass is 400 g/mol. The lowest BCUT2D eigenvalue weighted by atomic mass is 9.94. The summed E-state index contributed by atoms with van der Waals surface area (Å²) in [5, 5.41) is 0. The minimum Gasteiger partial charge on any atom is -0.496 e. The van der Waals surface area contributed by atoms with Crippen molar-refractivity contribution in [3.05, 3.63) is 22.7 Å². The summed E-state index contributed by atoms with van der Waals surface area (Å²) in [5.74, 6) is 0.592. The first-order valence-corrected chi connectivity index (χ1v) is 8.37. The van der Waals surface area contributed by atoms with Crippen LogP contribution in [-0.2, 0) is 10.0 Å². The van der Waals surface area contributed by atoms with E-state index in [1.165, 1.54) is 17.5 Å². The quantitative estimate of drug-likeness (QED) is 0.795. The van der Waals surface area contributed by atoms with E-state index >= 15 is 0 Å². The molecule has 0 fully saturated rings. The van der Waals surface area contributed by atoms with Crippen LogP contribution in [0.3, 0.4) is 0 Å². The number of ether oxygens (including phenoxy) is 1. The van der Waals surface area contributed by atoms with Gasteiger partial charge in [-0.3, -0.25) is 0 Å². The van der Waals surface area contributed by atoms with Crippen LogP contribution in [0.25, 0.3) is 0 Å². The van der Waals surface area contributed by atoms with Gasteiger partial charge < -0.3 is 10.5 Å². The number of halogens is 2. The molecule has 0 heterocycles. The third kappa shape index (κ3) is 5.10. The molecule has 1 aromatic rings. The Balaban J connectivity index is 0.00000400. The molecule has 0 aliphatic carbocycles. The molecule has 0 aliphatic rings. The van der Waals surface area contributed by atoms with Gasteiger partial charge in [0.05, 0.1) is 16.5 Å². The van der Waals surface area contributed by atoms with Crippen molar-refractivity contribution in [1.82, 2.24) is 4.31 Å². The van der Waals surface area contributed by atoms with Crippen LogP contribution in [0.5, 0.6) is 5.75 Å². The van der Waals surface area contributed by atoms with Gasteiger partial charge in [0.2, 0.25) is 10.0 Å². The number of rotatable bonds is 6. The van der Waals surface area contributed by atoms with Gasteiger partial charge in [0.25, 0.3) is 0 Å². The van der Waals surface area contributed by atoms with E-state index in [9.17, 15) is 8.42 Å². The fourth-order valence-electron chi connectivity index (χ4n) is 1.74. The van der Waals surface area contributed by atoms with Crippen molar-refractivity contribution in [2.24, 2.45) is 11.1 Å². The van der Waals surface area contributed by atoms with E-state index in [0.717, 1.165) is 0 Å². The van der Waals surface area contributed by atoms with Crippen molar-refractivity contribution in [3.8, 4) is 5.75 Å². The number of nitrogens with two attached hydrogens (primary N) is 1. The summed E-state index contributed by atoms with van der Waals surface area (Å²) in [6.45, 7) is 4.64. The van der Waals surface area contributed by atoms with Crippen LogP contribution in [0.15, 0.2) is 27.6 Å². The van der Waals surface area contributed by atoms with Crippen LogP contribution in [0.1, 0.15) is 13.8 Å².